The number of hydrogen-bond acceptors (Lipinski definition) is 5. The Bertz CT molecular complexity index is 581. The van der Waals surface area contributed by atoms with E-state index < -0.39 is 16.0 Å². The third kappa shape index (κ3) is 2.63. The van der Waals surface area contributed by atoms with E-state index in [9.17, 15) is 13.2 Å². The van der Waals surface area contributed by atoms with Crippen LogP contribution >= 0.6 is 0 Å². The van der Waals surface area contributed by atoms with Gasteiger partial charge in [0, 0.05) is 26.2 Å². The number of carbonyl (C=O) groups excluding carboxylic acids is 1. The molecule has 1 aromatic carbocycles. The van der Waals surface area contributed by atoms with Crippen LogP contribution in [0.25, 0.3) is 0 Å². The molecule has 1 heterocycles. The molecule has 0 aromatic heterocycles. The molecule has 2 rings (SSSR count). The van der Waals surface area contributed by atoms with Crippen molar-refractivity contribution in [2.24, 2.45) is 0 Å². The second-order valence-electron chi connectivity index (χ2n) is 4.35. The largest absolute Gasteiger partial charge is 0.465 e. The Morgan fingerprint density at radius 3 is 2.63 bits per heavy atom. The molecule has 1 saturated heterocycles. The number of likely N-dealkylation sites (N-methyl/N-ethyl adjacent to an activating group) is 1. The summed E-state index contributed by atoms with van der Waals surface area (Å²) in [6, 6.07) is 5.84. The van der Waals surface area contributed by atoms with Gasteiger partial charge in [0.15, 0.2) is 0 Å². The maximum Gasteiger partial charge on any atom is 0.337 e. The molecule has 7 heteroatoms. The fraction of sp³-hybridized carbons (Fsp3) is 0.417. The van der Waals surface area contributed by atoms with Crippen molar-refractivity contribution in [2.75, 3.05) is 27.2 Å². The number of sulfonamides is 1. The molecule has 0 spiro atoms. The van der Waals surface area contributed by atoms with E-state index in [1.54, 1.807) is 7.05 Å². The van der Waals surface area contributed by atoms with Gasteiger partial charge in [-0.15, -0.1) is 0 Å². The van der Waals surface area contributed by atoms with Gasteiger partial charge in [0.05, 0.1) is 17.6 Å². The van der Waals surface area contributed by atoms with Crippen molar-refractivity contribution in [1.29, 1.82) is 0 Å². The summed E-state index contributed by atoms with van der Waals surface area (Å²) in [6.45, 7) is 1.29. The molecule has 0 radical (unpaired) electrons. The van der Waals surface area contributed by atoms with E-state index in [1.165, 1.54) is 35.7 Å². The highest BCUT2D eigenvalue weighted by Crippen LogP contribution is 2.19. The van der Waals surface area contributed by atoms with Gasteiger partial charge < -0.3 is 10.1 Å². The van der Waals surface area contributed by atoms with Crippen molar-refractivity contribution < 1.29 is 17.9 Å². The summed E-state index contributed by atoms with van der Waals surface area (Å²) >= 11 is 0. The summed E-state index contributed by atoms with van der Waals surface area (Å²) in [5.41, 5.74) is 0.226. The maximum absolute atomic E-state index is 12.4. The fourth-order valence-corrected chi connectivity index (χ4v) is 3.19. The molecule has 1 aliphatic rings. The molecule has 0 amide bonds. The Kier molecular flexibility index (Phi) is 3.88. The summed E-state index contributed by atoms with van der Waals surface area (Å²) < 4.78 is 30.7. The summed E-state index contributed by atoms with van der Waals surface area (Å²) in [7, 11) is -0.771. The van der Waals surface area contributed by atoms with E-state index in [0.717, 1.165) is 0 Å². The molecule has 19 heavy (non-hydrogen) atoms. The van der Waals surface area contributed by atoms with Gasteiger partial charge in [-0.1, -0.05) is 6.07 Å². The van der Waals surface area contributed by atoms with E-state index in [2.05, 4.69) is 10.1 Å². The Balaban J connectivity index is 2.32. The van der Waals surface area contributed by atoms with E-state index >= 15 is 0 Å². The number of rotatable bonds is 4. The van der Waals surface area contributed by atoms with Crippen LogP contribution in [0.1, 0.15) is 10.4 Å². The molecule has 0 atom stereocenters. The van der Waals surface area contributed by atoms with Crippen LogP contribution in [0.15, 0.2) is 29.2 Å². The predicted octanol–water partition coefficient (Wildman–Crippen LogP) is 0.0655. The number of methoxy groups -OCH3 is 1. The van der Waals surface area contributed by atoms with Crippen molar-refractivity contribution in [3.05, 3.63) is 29.8 Å². The lowest BCUT2D eigenvalue weighted by Crippen LogP contribution is -2.57. The molecule has 1 aromatic rings. The number of esters is 1. The predicted molar refractivity (Wildman–Crippen MR) is 69.4 cm³/mol. The minimum absolute atomic E-state index is 0.0354. The molecule has 0 unspecified atom stereocenters. The molecule has 6 nitrogen and oxygen atoms in total. The van der Waals surface area contributed by atoms with Gasteiger partial charge in [-0.3, -0.25) is 0 Å². The monoisotopic (exact) mass is 284 g/mol. The van der Waals surface area contributed by atoms with E-state index in [4.69, 9.17) is 0 Å². The third-order valence-corrected chi connectivity index (χ3v) is 5.11. The third-order valence-electron chi connectivity index (χ3n) is 3.21. The van der Waals surface area contributed by atoms with Crippen LogP contribution in [0.5, 0.6) is 0 Å². The quantitative estimate of drug-likeness (QED) is 0.792. The number of carbonyl (C=O) groups is 1. The Labute approximate surface area is 112 Å². The lowest BCUT2D eigenvalue weighted by atomic mass is 10.2. The second-order valence-corrected chi connectivity index (χ2v) is 6.35. The average molecular weight is 284 g/mol. The zero-order chi connectivity index (χ0) is 14.0. The summed E-state index contributed by atoms with van der Waals surface area (Å²) in [5, 5.41) is 3.02. The zero-order valence-electron chi connectivity index (χ0n) is 10.8. The van der Waals surface area contributed by atoms with Crippen LogP contribution in [0, 0.1) is 0 Å². The van der Waals surface area contributed by atoms with Gasteiger partial charge in [-0.05, 0) is 18.2 Å². The van der Waals surface area contributed by atoms with Crippen LogP contribution in [-0.2, 0) is 14.8 Å². The summed E-state index contributed by atoms with van der Waals surface area (Å²) in [4.78, 5) is 11.5. The van der Waals surface area contributed by atoms with E-state index in [-0.39, 0.29) is 16.5 Å². The molecular formula is C12H16N2O4S. The van der Waals surface area contributed by atoms with Gasteiger partial charge in [0.2, 0.25) is 10.0 Å². The smallest absolute Gasteiger partial charge is 0.337 e. The fourth-order valence-electron chi connectivity index (χ4n) is 1.79. The van der Waals surface area contributed by atoms with Gasteiger partial charge in [-0.25, -0.2) is 13.2 Å². The normalized spacial score (nSPS) is 16.2. The lowest BCUT2D eigenvalue weighted by Gasteiger charge is -2.34. The van der Waals surface area contributed by atoms with Crippen molar-refractivity contribution in [1.82, 2.24) is 9.62 Å². The van der Waals surface area contributed by atoms with Crippen molar-refractivity contribution in [2.45, 2.75) is 10.9 Å². The molecule has 1 fully saturated rings. The molecule has 0 bridgehead atoms. The lowest BCUT2D eigenvalue weighted by molar-refractivity contribution is 0.0600. The number of hydrogen-bond donors (Lipinski definition) is 1. The number of ether oxygens (including phenoxy) is 1. The van der Waals surface area contributed by atoms with E-state index in [0.29, 0.717) is 13.1 Å². The first-order valence-electron chi connectivity index (χ1n) is 5.84. The van der Waals surface area contributed by atoms with Gasteiger partial charge in [-0.2, -0.15) is 4.31 Å². The Morgan fingerprint density at radius 1 is 1.42 bits per heavy atom. The number of nitrogens with zero attached hydrogens (tertiary/aromatic N) is 1. The van der Waals surface area contributed by atoms with Crippen LogP contribution in [0.4, 0.5) is 0 Å². The van der Waals surface area contributed by atoms with Crippen molar-refractivity contribution in [3.8, 4) is 0 Å². The van der Waals surface area contributed by atoms with E-state index in [1.807, 2.05) is 0 Å². The van der Waals surface area contributed by atoms with Crippen molar-refractivity contribution >= 4 is 16.0 Å². The molecule has 0 saturated carbocycles. The molecule has 104 valence electrons. The van der Waals surface area contributed by atoms with Crippen molar-refractivity contribution in [3.63, 3.8) is 0 Å². The first-order valence-corrected chi connectivity index (χ1v) is 7.28. The molecule has 1 aliphatic heterocycles. The Morgan fingerprint density at radius 2 is 2.11 bits per heavy atom. The minimum Gasteiger partial charge on any atom is -0.465 e. The standard InChI is InChI=1S/C12H16N2O4S/c1-14(10-7-13-8-10)19(16,17)11-5-3-4-9(6-11)12(15)18-2/h3-6,10,13H,7-8H2,1-2H3. The zero-order valence-corrected chi connectivity index (χ0v) is 11.6. The average Bonchev–Trinajstić information content (AvgIpc) is 2.35. The van der Waals surface area contributed by atoms with Gasteiger partial charge in [0.1, 0.15) is 0 Å². The minimum atomic E-state index is -3.58. The van der Waals surface area contributed by atoms with Crippen LogP contribution < -0.4 is 5.32 Å². The highest BCUT2D eigenvalue weighted by molar-refractivity contribution is 7.89. The summed E-state index contributed by atoms with van der Waals surface area (Å²) in [5.74, 6) is -0.551. The van der Waals surface area contributed by atoms with Gasteiger partial charge in [0.25, 0.3) is 0 Å². The highest BCUT2D eigenvalue weighted by Gasteiger charge is 2.31. The first kappa shape index (κ1) is 14.0. The number of nitrogens with one attached hydrogen (secondary N) is 1. The van der Waals surface area contributed by atoms with Crippen LogP contribution in [-0.4, -0.2) is 52.0 Å². The van der Waals surface area contributed by atoms with Gasteiger partial charge >= 0.3 is 5.97 Å². The van der Waals surface area contributed by atoms with Crippen LogP contribution in [0.3, 0.4) is 0 Å². The SMILES string of the molecule is COC(=O)c1cccc(S(=O)(=O)N(C)C2CNC2)c1. The molecule has 1 N–H and O–H groups in total. The number of benzene rings is 1. The van der Waals surface area contributed by atoms with Crippen LogP contribution in [0.2, 0.25) is 0 Å². The second kappa shape index (κ2) is 5.28. The summed E-state index contributed by atoms with van der Waals surface area (Å²) in [6.07, 6.45) is 0. The topological polar surface area (TPSA) is 75.7 Å². The maximum atomic E-state index is 12.4. The molecule has 0 aliphatic carbocycles. The first-order chi connectivity index (χ1) is 8.96. The Hall–Kier alpha value is -1.44. The molecular weight excluding hydrogens is 268 g/mol. The highest BCUT2D eigenvalue weighted by atomic mass is 32.2.